The van der Waals surface area contributed by atoms with Crippen LogP contribution in [0.4, 0.5) is 0 Å². The fourth-order valence-corrected chi connectivity index (χ4v) is 6.84. The van der Waals surface area contributed by atoms with E-state index >= 15 is 0 Å². The number of pyridine rings is 1. The van der Waals surface area contributed by atoms with Gasteiger partial charge in [-0.1, -0.05) is 115 Å². The van der Waals surface area contributed by atoms with Crippen molar-refractivity contribution in [2.75, 3.05) is 0 Å². The minimum absolute atomic E-state index is 0.498. The van der Waals surface area contributed by atoms with E-state index in [-0.39, 0.29) is 0 Å². The number of furan rings is 1. The van der Waals surface area contributed by atoms with Crippen LogP contribution in [0.15, 0.2) is 150 Å². The van der Waals surface area contributed by atoms with Gasteiger partial charge in [0.2, 0.25) is 0 Å². The lowest BCUT2D eigenvalue weighted by atomic mass is 10.00. The highest BCUT2D eigenvalue weighted by molar-refractivity contribution is 6.18. The van der Waals surface area contributed by atoms with Gasteiger partial charge in [0, 0.05) is 28.1 Å². The molecule has 0 saturated heterocycles. The number of aromatic nitrogens is 4. The number of rotatable bonds is 3. The molecule has 0 aliphatic heterocycles. The van der Waals surface area contributed by atoms with Crippen molar-refractivity contribution >= 4 is 65.0 Å². The molecule has 0 atom stereocenters. The van der Waals surface area contributed by atoms with Crippen LogP contribution in [0.1, 0.15) is 0 Å². The second-order valence-electron chi connectivity index (χ2n) is 11.9. The van der Waals surface area contributed by atoms with Crippen LogP contribution >= 0.6 is 0 Å². The summed E-state index contributed by atoms with van der Waals surface area (Å²) in [4.78, 5) is 20.1. The van der Waals surface area contributed by atoms with Gasteiger partial charge in [-0.3, -0.25) is 4.98 Å². The molecule has 3 heterocycles. The molecule has 10 rings (SSSR count). The van der Waals surface area contributed by atoms with E-state index in [2.05, 4.69) is 115 Å². The molecule has 0 aliphatic rings. The second kappa shape index (κ2) is 10.0. The Bertz CT molecular complexity index is 2870. The third kappa shape index (κ3) is 4.10. The van der Waals surface area contributed by atoms with Crippen molar-refractivity contribution in [3.63, 3.8) is 0 Å². The minimum Gasteiger partial charge on any atom is -0.455 e. The molecule has 0 spiro atoms. The highest BCUT2D eigenvalue weighted by Gasteiger charge is 2.20. The topological polar surface area (TPSA) is 64.7 Å². The van der Waals surface area contributed by atoms with Crippen LogP contribution in [0.25, 0.3) is 99.3 Å². The Morgan fingerprint density at radius 1 is 0.404 bits per heavy atom. The fourth-order valence-electron chi connectivity index (χ4n) is 6.84. The highest BCUT2D eigenvalue weighted by atomic mass is 16.3. The first-order chi connectivity index (χ1) is 23.3. The van der Waals surface area contributed by atoms with Gasteiger partial charge >= 0.3 is 0 Å². The van der Waals surface area contributed by atoms with Gasteiger partial charge in [0.1, 0.15) is 16.9 Å². The molecule has 0 amide bonds. The number of hydrogen-bond donors (Lipinski definition) is 0. The largest absolute Gasteiger partial charge is 0.455 e. The average molecular weight is 601 g/mol. The molecule has 218 valence electrons. The van der Waals surface area contributed by atoms with E-state index in [4.69, 9.17) is 24.4 Å². The lowest BCUT2D eigenvalue weighted by Crippen LogP contribution is -2.01. The Kier molecular flexibility index (Phi) is 5.51. The summed E-state index contributed by atoms with van der Waals surface area (Å²) in [5.41, 5.74) is 4.06. The summed E-state index contributed by atoms with van der Waals surface area (Å²) in [5, 5.41) is 11.1. The number of nitrogens with zero attached hydrogens (tertiary/aromatic N) is 4. The zero-order chi connectivity index (χ0) is 30.9. The van der Waals surface area contributed by atoms with Crippen molar-refractivity contribution in [1.29, 1.82) is 0 Å². The molecule has 0 N–H and O–H groups in total. The number of hydrogen-bond acceptors (Lipinski definition) is 5. The van der Waals surface area contributed by atoms with E-state index in [1.54, 1.807) is 6.20 Å². The van der Waals surface area contributed by atoms with Gasteiger partial charge in [0.25, 0.3) is 0 Å². The lowest BCUT2D eigenvalue weighted by molar-refractivity contribution is 0.672. The summed E-state index contributed by atoms with van der Waals surface area (Å²) < 4.78 is 6.48. The van der Waals surface area contributed by atoms with Gasteiger partial charge in [-0.25, -0.2) is 15.0 Å². The van der Waals surface area contributed by atoms with Crippen molar-refractivity contribution < 1.29 is 4.42 Å². The van der Waals surface area contributed by atoms with Crippen molar-refractivity contribution in [2.24, 2.45) is 0 Å². The lowest BCUT2D eigenvalue weighted by Gasteiger charge is -2.10. The summed E-state index contributed by atoms with van der Waals surface area (Å²) in [7, 11) is 0. The average Bonchev–Trinajstić information content (AvgIpc) is 3.54. The van der Waals surface area contributed by atoms with Crippen LogP contribution in [0, 0.1) is 0 Å². The van der Waals surface area contributed by atoms with E-state index in [1.807, 2.05) is 24.3 Å². The molecule has 0 unspecified atom stereocenters. The summed E-state index contributed by atoms with van der Waals surface area (Å²) >= 11 is 0. The molecule has 0 saturated carbocycles. The van der Waals surface area contributed by atoms with Gasteiger partial charge in [-0.2, -0.15) is 0 Å². The smallest absolute Gasteiger partial charge is 0.183 e. The van der Waals surface area contributed by atoms with Crippen LogP contribution < -0.4 is 0 Å². The maximum atomic E-state index is 6.48. The molecule has 0 aliphatic carbocycles. The first-order valence-electron chi connectivity index (χ1n) is 15.6. The van der Waals surface area contributed by atoms with E-state index in [9.17, 15) is 0 Å². The molecule has 10 aromatic rings. The predicted molar refractivity (Wildman–Crippen MR) is 191 cm³/mol. The monoisotopic (exact) mass is 600 g/mol. The van der Waals surface area contributed by atoms with Gasteiger partial charge in [0.05, 0.1) is 5.39 Å². The molecule has 47 heavy (non-hydrogen) atoms. The minimum atomic E-state index is 0.498. The first kappa shape index (κ1) is 25.8. The zero-order valence-corrected chi connectivity index (χ0v) is 25.1. The molecule has 0 fully saturated rings. The molecule has 5 nitrogen and oxygen atoms in total. The van der Waals surface area contributed by atoms with E-state index in [0.29, 0.717) is 23.2 Å². The Hall–Kier alpha value is -6.46. The summed E-state index contributed by atoms with van der Waals surface area (Å²) in [6, 6.07) is 48.3. The van der Waals surface area contributed by atoms with E-state index in [1.165, 1.54) is 16.2 Å². The molecule has 0 bridgehead atoms. The maximum absolute atomic E-state index is 6.48. The Labute approximate surface area is 268 Å². The fraction of sp³-hybridized carbons (Fsp3) is 0. The van der Waals surface area contributed by atoms with Crippen molar-refractivity contribution in [2.45, 2.75) is 0 Å². The molecule has 7 aromatic carbocycles. The second-order valence-corrected chi connectivity index (χ2v) is 11.9. The standard InChI is InChI=1S/C42H24N4O/c1-2-10-28-23-30(16-13-25(28)7-1)40-44-41(31-18-19-33-29(24-31)15-14-26-8-3-5-11-32(26)33)46-42(45-40)38-37-35-20-17-27-9-4-6-12-34(27)39(35)47-36(37)21-22-43-38/h1-24H. The van der Waals surface area contributed by atoms with E-state index < -0.39 is 0 Å². The van der Waals surface area contributed by atoms with Gasteiger partial charge in [0.15, 0.2) is 17.5 Å². The SMILES string of the molecule is c1ccc2cc(-c3nc(-c4ccc5c(ccc6ccccc65)c4)nc(-c4nccc5oc6c7ccccc7ccc6c45)n3)ccc2c1. The van der Waals surface area contributed by atoms with Gasteiger partial charge < -0.3 is 4.42 Å². The van der Waals surface area contributed by atoms with Gasteiger partial charge in [-0.05, 0) is 62.0 Å². The van der Waals surface area contributed by atoms with Gasteiger partial charge in [-0.15, -0.1) is 0 Å². The molecule has 0 radical (unpaired) electrons. The Morgan fingerprint density at radius 2 is 0.957 bits per heavy atom. The Balaban J connectivity index is 1.23. The maximum Gasteiger partial charge on any atom is 0.183 e. The highest BCUT2D eigenvalue weighted by Crippen LogP contribution is 2.38. The quantitative estimate of drug-likeness (QED) is 0.189. The van der Waals surface area contributed by atoms with Crippen molar-refractivity contribution in [3.8, 4) is 34.3 Å². The van der Waals surface area contributed by atoms with Crippen LogP contribution in [0.2, 0.25) is 0 Å². The normalized spacial score (nSPS) is 11.8. The van der Waals surface area contributed by atoms with Crippen molar-refractivity contribution in [1.82, 2.24) is 19.9 Å². The third-order valence-corrected chi connectivity index (χ3v) is 9.13. The van der Waals surface area contributed by atoms with Crippen LogP contribution in [-0.4, -0.2) is 19.9 Å². The summed E-state index contributed by atoms with van der Waals surface area (Å²) in [5.74, 6) is 1.68. The molecular formula is C42H24N4O. The predicted octanol–water partition coefficient (Wildman–Crippen LogP) is 10.8. The van der Waals surface area contributed by atoms with Crippen LogP contribution in [0.3, 0.4) is 0 Å². The van der Waals surface area contributed by atoms with E-state index in [0.717, 1.165) is 60.0 Å². The van der Waals surface area contributed by atoms with Crippen LogP contribution in [-0.2, 0) is 0 Å². The summed E-state index contributed by atoms with van der Waals surface area (Å²) in [6.07, 6.45) is 1.77. The van der Waals surface area contributed by atoms with Crippen LogP contribution in [0.5, 0.6) is 0 Å². The third-order valence-electron chi connectivity index (χ3n) is 9.13. The molecule has 3 aromatic heterocycles. The Morgan fingerprint density at radius 3 is 1.79 bits per heavy atom. The molecular weight excluding hydrogens is 576 g/mol. The van der Waals surface area contributed by atoms with Crippen molar-refractivity contribution in [3.05, 3.63) is 146 Å². The zero-order valence-electron chi connectivity index (χ0n) is 25.1. The summed E-state index contributed by atoms with van der Waals surface area (Å²) in [6.45, 7) is 0. The first-order valence-corrected chi connectivity index (χ1v) is 15.6. The number of fused-ring (bicyclic) bond motifs is 9. The molecule has 5 heteroatoms. The number of benzene rings is 7.